The number of hydrogen-bond acceptors (Lipinski definition) is 3. The lowest BCUT2D eigenvalue weighted by molar-refractivity contribution is -0.119. The molecule has 5 heteroatoms. The van der Waals surface area contributed by atoms with Crippen LogP contribution in [0, 0.1) is 6.92 Å². The Morgan fingerprint density at radius 3 is 2.36 bits per heavy atom. The van der Waals surface area contributed by atoms with E-state index in [-0.39, 0.29) is 11.8 Å². The van der Waals surface area contributed by atoms with Crippen LogP contribution in [0.15, 0.2) is 12.1 Å². The summed E-state index contributed by atoms with van der Waals surface area (Å²) in [4.78, 5) is 27.0. The second-order valence-corrected chi connectivity index (χ2v) is 6.00. The lowest BCUT2D eigenvalue weighted by atomic mass is 9.95. The van der Waals surface area contributed by atoms with E-state index in [1.807, 2.05) is 24.0 Å². The van der Waals surface area contributed by atoms with E-state index in [2.05, 4.69) is 13.8 Å². The van der Waals surface area contributed by atoms with E-state index in [0.29, 0.717) is 26.2 Å². The van der Waals surface area contributed by atoms with Crippen LogP contribution in [0.3, 0.4) is 0 Å². The molecule has 0 saturated carbocycles. The zero-order chi connectivity index (χ0) is 16.3. The highest BCUT2D eigenvalue weighted by Crippen LogP contribution is 2.30. The van der Waals surface area contributed by atoms with Crippen molar-refractivity contribution in [3.8, 4) is 5.75 Å². The van der Waals surface area contributed by atoms with Crippen molar-refractivity contribution in [3.63, 3.8) is 0 Å². The number of hydrogen-bond donors (Lipinski definition) is 0. The summed E-state index contributed by atoms with van der Waals surface area (Å²) in [7, 11) is 1.65. The van der Waals surface area contributed by atoms with Crippen LogP contribution in [-0.2, 0) is 4.79 Å². The molecule has 22 heavy (non-hydrogen) atoms. The molecule has 1 saturated heterocycles. The molecule has 1 heterocycles. The number of piperazine rings is 1. The molecule has 0 aromatic heterocycles. The molecule has 0 atom stereocenters. The predicted molar refractivity (Wildman–Crippen MR) is 85.4 cm³/mol. The van der Waals surface area contributed by atoms with Crippen molar-refractivity contribution in [1.82, 2.24) is 9.80 Å². The highest BCUT2D eigenvalue weighted by atomic mass is 16.5. The van der Waals surface area contributed by atoms with Crippen molar-refractivity contribution in [1.29, 1.82) is 0 Å². The number of amides is 2. The molecule has 0 radical (unpaired) electrons. The number of carbonyl (C=O) groups excluding carboxylic acids is 2. The van der Waals surface area contributed by atoms with Crippen LogP contribution in [-0.4, -0.2) is 55.4 Å². The van der Waals surface area contributed by atoms with Crippen LogP contribution in [0.2, 0.25) is 0 Å². The Balaban J connectivity index is 2.26. The summed E-state index contributed by atoms with van der Waals surface area (Å²) in [6, 6.07) is 3.89. The van der Waals surface area contributed by atoms with E-state index >= 15 is 0 Å². The third-order valence-electron chi connectivity index (χ3n) is 4.18. The van der Waals surface area contributed by atoms with E-state index in [9.17, 15) is 9.59 Å². The van der Waals surface area contributed by atoms with Crippen molar-refractivity contribution in [2.45, 2.75) is 26.7 Å². The number of carbonyl (C=O) groups is 2. The molecule has 0 bridgehead atoms. The Hall–Kier alpha value is -2.04. The molecule has 0 unspecified atom stereocenters. The molecule has 0 N–H and O–H groups in total. The average molecular weight is 304 g/mol. The molecular weight excluding hydrogens is 280 g/mol. The Kier molecular flexibility index (Phi) is 5.06. The van der Waals surface area contributed by atoms with Gasteiger partial charge in [0.15, 0.2) is 0 Å². The van der Waals surface area contributed by atoms with E-state index in [4.69, 9.17) is 4.74 Å². The summed E-state index contributed by atoms with van der Waals surface area (Å²) in [5, 5.41) is 0. The third kappa shape index (κ3) is 3.24. The first-order valence-electron chi connectivity index (χ1n) is 7.65. The fourth-order valence-corrected chi connectivity index (χ4v) is 2.76. The molecule has 0 aliphatic carbocycles. The van der Waals surface area contributed by atoms with Crippen molar-refractivity contribution < 1.29 is 14.3 Å². The standard InChI is InChI=1S/C17H24N2O3/c1-12(2)14-10-15(13(3)9-16(14)22-4)17(21)19-7-5-18(11-20)6-8-19/h9-12H,5-8H2,1-4H3. The summed E-state index contributed by atoms with van der Waals surface area (Å²) >= 11 is 0. The van der Waals surface area contributed by atoms with Gasteiger partial charge in [0.05, 0.1) is 7.11 Å². The van der Waals surface area contributed by atoms with Gasteiger partial charge in [0.25, 0.3) is 5.91 Å². The molecule has 1 aromatic rings. The quantitative estimate of drug-likeness (QED) is 0.800. The van der Waals surface area contributed by atoms with Crippen LogP contribution < -0.4 is 4.74 Å². The lowest BCUT2D eigenvalue weighted by Crippen LogP contribution is -2.48. The van der Waals surface area contributed by atoms with Crippen molar-refractivity contribution >= 4 is 12.3 Å². The molecule has 2 amide bonds. The topological polar surface area (TPSA) is 49.9 Å². The third-order valence-corrected chi connectivity index (χ3v) is 4.18. The summed E-state index contributed by atoms with van der Waals surface area (Å²) in [5.41, 5.74) is 2.69. The van der Waals surface area contributed by atoms with Crippen LogP contribution in [0.5, 0.6) is 5.75 Å². The van der Waals surface area contributed by atoms with Gasteiger partial charge in [-0.15, -0.1) is 0 Å². The van der Waals surface area contributed by atoms with Crippen molar-refractivity contribution in [2.24, 2.45) is 0 Å². The number of aryl methyl sites for hydroxylation is 1. The summed E-state index contributed by atoms with van der Waals surface area (Å²) < 4.78 is 5.43. The molecule has 1 aromatic carbocycles. The van der Waals surface area contributed by atoms with Gasteiger partial charge in [0, 0.05) is 31.7 Å². The maximum atomic E-state index is 12.8. The molecule has 1 aliphatic rings. The summed E-state index contributed by atoms with van der Waals surface area (Å²) in [5.74, 6) is 1.15. The molecular formula is C17H24N2O3. The Bertz CT molecular complexity index is 561. The molecule has 120 valence electrons. The minimum Gasteiger partial charge on any atom is -0.496 e. The van der Waals surface area contributed by atoms with Gasteiger partial charge in [0.2, 0.25) is 6.41 Å². The van der Waals surface area contributed by atoms with Gasteiger partial charge >= 0.3 is 0 Å². The number of nitrogens with zero attached hydrogens (tertiary/aromatic N) is 2. The van der Waals surface area contributed by atoms with Gasteiger partial charge in [0.1, 0.15) is 5.75 Å². The fourth-order valence-electron chi connectivity index (χ4n) is 2.76. The lowest BCUT2D eigenvalue weighted by Gasteiger charge is -2.33. The van der Waals surface area contributed by atoms with E-state index in [1.165, 1.54) is 0 Å². The van der Waals surface area contributed by atoms with Gasteiger partial charge in [-0.2, -0.15) is 0 Å². The largest absolute Gasteiger partial charge is 0.496 e. The second-order valence-electron chi connectivity index (χ2n) is 6.00. The number of ether oxygens (including phenoxy) is 1. The highest BCUT2D eigenvalue weighted by molar-refractivity contribution is 5.96. The van der Waals surface area contributed by atoms with Gasteiger partial charge in [-0.1, -0.05) is 13.8 Å². The average Bonchev–Trinajstić information content (AvgIpc) is 2.53. The van der Waals surface area contributed by atoms with Crippen LogP contribution in [0.25, 0.3) is 0 Å². The SMILES string of the molecule is COc1cc(C)c(C(=O)N2CCN(C=O)CC2)cc1C(C)C. The number of rotatable bonds is 4. The smallest absolute Gasteiger partial charge is 0.254 e. The van der Waals surface area contributed by atoms with Crippen LogP contribution in [0.1, 0.15) is 41.3 Å². The Morgan fingerprint density at radius 2 is 1.86 bits per heavy atom. The molecule has 0 spiro atoms. The van der Waals surface area contributed by atoms with Crippen molar-refractivity contribution in [3.05, 3.63) is 28.8 Å². The minimum atomic E-state index is 0.0348. The first-order chi connectivity index (χ1) is 10.5. The maximum absolute atomic E-state index is 12.8. The number of methoxy groups -OCH3 is 1. The molecule has 2 rings (SSSR count). The maximum Gasteiger partial charge on any atom is 0.254 e. The Morgan fingerprint density at radius 1 is 1.23 bits per heavy atom. The first kappa shape index (κ1) is 16.3. The predicted octanol–water partition coefficient (Wildman–Crippen LogP) is 2.04. The zero-order valence-electron chi connectivity index (χ0n) is 13.8. The molecule has 1 aliphatic heterocycles. The second kappa shape index (κ2) is 6.81. The van der Waals surface area contributed by atoms with E-state index in [0.717, 1.165) is 28.8 Å². The van der Waals surface area contributed by atoms with E-state index < -0.39 is 0 Å². The number of benzene rings is 1. The highest BCUT2D eigenvalue weighted by Gasteiger charge is 2.24. The van der Waals surface area contributed by atoms with Gasteiger partial charge < -0.3 is 14.5 Å². The fraction of sp³-hybridized carbons (Fsp3) is 0.529. The van der Waals surface area contributed by atoms with E-state index in [1.54, 1.807) is 12.0 Å². The Labute approximate surface area is 131 Å². The van der Waals surface area contributed by atoms with Gasteiger partial charge in [-0.25, -0.2) is 0 Å². The molecule has 5 nitrogen and oxygen atoms in total. The minimum absolute atomic E-state index is 0.0348. The first-order valence-corrected chi connectivity index (χ1v) is 7.65. The monoisotopic (exact) mass is 304 g/mol. The summed E-state index contributed by atoms with van der Waals surface area (Å²) in [6.07, 6.45) is 0.845. The summed E-state index contributed by atoms with van der Waals surface area (Å²) in [6.45, 7) is 8.47. The van der Waals surface area contributed by atoms with Gasteiger partial charge in [-0.3, -0.25) is 9.59 Å². The van der Waals surface area contributed by atoms with Crippen LogP contribution in [0.4, 0.5) is 0 Å². The molecule has 1 fully saturated rings. The van der Waals surface area contributed by atoms with Gasteiger partial charge in [-0.05, 0) is 36.1 Å². The van der Waals surface area contributed by atoms with Crippen LogP contribution >= 0.6 is 0 Å². The zero-order valence-corrected chi connectivity index (χ0v) is 13.8. The van der Waals surface area contributed by atoms with Crippen molar-refractivity contribution in [2.75, 3.05) is 33.3 Å². The normalized spacial score (nSPS) is 15.1.